The lowest BCUT2D eigenvalue weighted by atomic mass is 9.85. The van der Waals surface area contributed by atoms with E-state index < -0.39 is 0 Å². The molecule has 0 radical (unpaired) electrons. The van der Waals surface area contributed by atoms with Crippen molar-refractivity contribution >= 4 is 23.2 Å². The molecule has 0 saturated carbocycles. The van der Waals surface area contributed by atoms with Gasteiger partial charge >= 0.3 is 0 Å². The third kappa shape index (κ3) is 3.28. The van der Waals surface area contributed by atoms with E-state index in [0.29, 0.717) is 34.2 Å². The van der Waals surface area contributed by atoms with Crippen LogP contribution in [-0.2, 0) is 0 Å². The van der Waals surface area contributed by atoms with Crippen LogP contribution in [0, 0.1) is 0 Å². The molecule has 4 bridgehead atoms. The number of rotatable bonds is 5. The van der Waals surface area contributed by atoms with Crippen LogP contribution in [0.15, 0.2) is 36.7 Å². The van der Waals surface area contributed by atoms with Crippen molar-refractivity contribution in [2.45, 2.75) is 74.5 Å². The Labute approximate surface area is 188 Å². The first-order valence-electron chi connectivity index (χ1n) is 11.4. The van der Waals surface area contributed by atoms with Crippen LogP contribution in [0.1, 0.15) is 61.5 Å². The van der Waals surface area contributed by atoms with Crippen LogP contribution in [0.4, 0.5) is 0 Å². The average Bonchev–Trinajstić information content (AvgIpc) is 3.52. The van der Waals surface area contributed by atoms with Crippen molar-refractivity contribution in [3.8, 4) is 0 Å². The lowest BCUT2D eigenvalue weighted by Gasteiger charge is -2.29. The van der Waals surface area contributed by atoms with E-state index in [1.807, 2.05) is 24.5 Å². The highest BCUT2D eigenvalue weighted by Crippen LogP contribution is 2.49. The number of aromatic nitrogens is 2. The minimum absolute atomic E-state index is 0.591. The summed E-state index contributed by atoms with van der Waals surface area (Å²) < 4.78 is 0. The zero-order valence-electron chi connectivity index (χ0n) is 17.1. The molecule has 0 aromatic carbocycles. The fourth-order valence-corrected chi connectivity index (χ4v) is 7.28. The second kappa shape index (κ2) is 7.74. The standard InChI is InChI=1S/C24H28Cl2N4/c25-23-7-1-15(13-27-23)19-11-17-3-5-21(19)29(17)9-10-30-18-4-6-22(30)20(12-18)16-2-8-24(26)28-14-16/h1-2,7-8,13-14,17-22H,3-6,9-12H2. The van der Waals surface area contributed by atoms with Crippen LogP contribution in [0.3, 0.4) is 0 Å². The average molecular weight is 443 g/mol. The van der Waals surface area contributed by atoms with Crippen molar-refractivity contribution < 1.29 is 0 Å². The van der Waals surface area contributed by atoms with Crippen LogP contribution >= 0.6 is 23.2 Å². The van der Waals surface area contributed by atoms with Gasteiger partial charge in [-0.1, -0.05) is 35.3 Å². The highest BCUT2D eigenvalue weighted by molar-refractivity contribution is 6.29. The molecule has 6 atom stereocenters. The van der Waals surface area contributed by atoms with Gasteiger partial charge in [0.1, 0.15) is 10.3 Å². The van der Waals surface area contributed by atoms with Gasteiger partial charge in [0, 0.05) is 61.5 Å². The fraction of sp³-hybridized carbons (Fsp3) is 0.583. The van der Waals surface area contributed by atoms with E-state index in [1.165, 1.54) is 62.7 Å². The molecule has 2 aromatic rings. The third-order valence-corrected chi connectivity index (χ3v) is 8.78. The minimum atomic E-state index is 0.591. The van der Waals surface area contributed by atoms with Crippen molar-refractivity contribution in [3.63, 3.8) is 0 Å². The first kappa shape index (κ1) is 19.5. The molecule has 158 valence electrons. The Balaban J connectivity index is 1.12. The summed E-state index contributed by atoms with van der Waals surface area (Å²) in [7, 11) is 0. The van der Waals surface area contributed by atoms with Crippen molar-refractivity contribution in [2.24, 2.45) is 0 Å². The van der Waals surface area contributed by atoms with E-state index >= 15 is 0 Å². The van der Waals surface area contributed by atoms with Gasteiger partial charge in [0.15, 0.2) is 0 Å². The summed E-state index contributed by atoms with van der Waals surface area (Å²) >= 11 is 12.0. The summed E-state index contributed by atoms with van der Waals surface area (Å²) in [5, 5.41) is 1.18. The Morgan fingerprint density at radius 2 is 1.17 bits per heavy atom. The molecule has 0 N–H and O–H groups in total. The third-order valence-electron chi connectivity index (χ3n) is 8.34. The topological polar surface area (TPSA) is 32.3 Å². The van der Waals surface area contributed by atoms with Crippen molar-refractivity contribution in [2.75, 3.05) is 13.1 Å². The van der Waals surface area contributed by atoms with Crippen molar-refractivity contribution in [1.29, 1.82) is 0 Å². The van der Waals surface area contributed by atoms with Crippen LogP contribution in [0.25, 0.3) is 0 Å². The summed E-state index contributed by atoms with van der Waals surface area (Å²) in [5.41, 5.74) is 2.74. The molecular weight excluding hydrogens is 415 g/mol. The summed E-state index contributed by atoms with van der Waals surface area (Å²) in [6.07, 6.45) is 11.9. The molecule has 4 aliphatic rings. The molecule has 4 fully saturated rings. The summed E-state index contributed by atoms with van der Waals surface area (Å²) in [5.74, 6) is 1.24. The second-order valence-corrected chi connectivity index (χ2v) is 10.4. The molecule has 0 spiro atoms. The lowest BCUT2D eigenvalue weighted by molar-refractivity contribution is 0.176. The molecule has 4 aliphatic heterocycles. The van der Waals surface area contributed by atoms with E-state index in [1.54, 1.807) is 0 Å². The van der Waals surface area contributed by atoms with Gasteiger partial charge in [-0.05, 0) is 61.8 Å². The van der Waals surface area contributed by atoms with E-state index in [-0.39, 0.29) is 0 Å². The van der Waals surface area contributed by atoms with Gasteiger partial charge in [-0.25, -0.2) is 9.97 Å². The van der Waals surface area contributed by atoms with Crippen LogP contribution in [0.5, 0.6) is 0 Å². The molecule has 30 heavy (non-hydrogen) atoms. The zero-order valence-corrected chi connectivity index (χ0v) is 18.6. The van der Waals surface area contributed by atoms with E-state index in [0.717, 1.165) is 12.1 Å². The zero-order chi connectivity index (χ0) is 20.2. The summed E-state index contributed by atoms with van der Waals surface area (Å²) in [6.45, 7) is 2.40. The van der Waals surface area contributed by atoms with Gasteiger partial charge in [-0.3, -0.25) is 9.80 Å². The molecule has 0 amide bonds. The predicted octanol–water partition coefficient (Wildman–Crippen LogP) is 5.12. The van der Waals surface area contributed by atoms with Gasteiger partial charge < -0.3 is 0 Å². The van der Waals surface area contributed by atoms with Gasteiger partial charge in [-0.2, -0.15) is 0 Å². The van der Waals surface area contributed by atoms with Crippen LogP contribution < -0.4 is 0 Å². The molecule has 6 rings (SSSR count). The summed E-state index contributed by atoms with van der Waals surface area (Å²) in [6, 6.07) is 11.1. The SMILES string of the molecule is Clc1ccc(C2CC3CCC2N3CCN2C3CCC2C(c2ccc(Cl)nc2)C3)cn1. The number of hydrogen-bond donors (Lipinski definition) is 0. The highest BCUT2D eigenvalue weighted by Gasteiger charge is 2.49. The molecule has 4 saturated heterocycles. The lowest BCUT2D eigenvalue weighted by Crippen LogP contribution is -2.40. The molecule has 6 heteroatoms. The maximum atomic E-state index is 6.01. The second-order valence-electron chi connectivity index (χ2n) is 9.59. The van der Waals surface area contributed by atoms with Crippen LogP contribution in [-0.4, -0.2) is 57.0 Å². The van der Waals surface area contributed by atoms with Gasteiger partial charge in [0.2, 0.25) is 0 Å². The van der Waals surface area contributed by atoms with E-state index in [4.69, 9.17) is 23.2 Å². The Morgan fingerprint density at radius 3 is 1.57 bits per heavy atom. The van der Waals surface area contributed by atoms with Crippen molar-refractivity contribution in [3.05, 3.63) is 58.1 Å². The maximum absolute atomic E-state index is 6.01. The number of fused-ring (bicyclic) bond motifs is 4. The Hall–Kier alpha value is -1.20. The molecule has 4 nitrogen and oxygen atoms in total. The first-order valence-corrected chi connectivity index (χ1v) is 12.2. The van der Waals surface area contributed by atoms with Gasteiger partial charge in [0.25, 0.3) is 0 Å². The molecular formula is C24H28Cl2N4. The van der Waals surface area contributed by atoms with Gasteiger partial charge in [0.05, 0.1) is 0 Å². The fourth-order valence-electron chi connectivity index (χ4n) is 7.06. The monoisotopic (exact) mass is 442 g/mol. The quantitative estimate of drug-likeness (QED) is 0.601. The number of nitrogens with zero attached hydrogens (tertiary/aromatic N) is 4. The number of hydrogen-bond acceptors (Lipinski definition) is 4. The van der Waals surface area contributed by atoms with Crippen molar-refractivity contribution in [1.82, 2.24) is 19.8 Å². The van der Waals surface area contributed by atoms with Crippen LogP contribution in [0.2, 0.25) is 10.3 Å². The molecule has 0 aliphatic carbocycles. The predicted molar refractivity (Wildman–Crippen MR) is 120 cm³/mol. The Morgan fingerprint density at radius 1 is 0.700 bits per heavy atom. The van der Waals surface area contributed by atoms with E-state index in [9.17, 15) is 0 Å². The van der Waals surface area contributed by atoms with E-state index in [2.05, 4.69) is 31.9 Å². The highest BCUT2D eigenvalue weighted by atomic mass is 35.5. The molecule has 2 aromatic heterocycles. The minimum Gasteiger partial charge on any atom is -0.296 e. The van der Waals surface area contributed by atoms with Gasteiger partial charge in [-0.15, -0.1) is 0 Å². The normalized spacial score (nSPS) is 35.5. The summed E-state index contributed by atoms with van der Waals surface area (Å²) in [4.78, 5) is 14.3. The Kier molecular flexibility index (Phi) is 5.02. The largest absolute Gasteiger partial charge is 0.296 e. The molecule has 6 heterocycles. The first-order chi connectivity index (χ1) is 14.7. The number of halogens is 2. The Bertz CT molecular complexity index is 827. The maximum Gasteiger partial charge on any atom is 0.129 e. The number of pyridine rings is 2. The molecule has 6 unspecified atom stereocenters. The smallest absolute Gasteiger partial charge is 0.129 e.